The number of nitrogens with zero attached hydrogens (tertiary/aromatic N) is 1. The lowest BCUT2D eigenvalue weighted by molar-refractivity contribution is -0.123. The van der Waals surface area contributed by atoms with Crippen LogP contribution in [0.25, 0.3) is 0 Å². The molecule has 0 heterocycles. The Balaban J connectivity index is 1.85. The summed E-state index contributed by atoms with van der Waals surface area (Å²) in [7, 11) is 1.50. The number of phenols is 1. The number of ether oxygens (including phenoxy) is 2. The van der Waals surface area contributed by atoms with Crippen molar-refractivity contribution in [3.8, 4) is 17.2 Å². The predicted molar refractivity (Wildman–Crippen MR) is 92.1 cm³/mol. The van der Waals surface area contributed by atoms with E-state index in [2.05, 4.69) is 10.5 Å². The second kappa shape index (κ2) is 8.21. The third kappa shape index (κ3) is 4.89. The molecule has 0 unspecified atom stereocenters. The molecule has 0 fully saturated rings. The molecule has 0 aromatic heterocycles. The van der Waals surface area contributed by atoms with E-state index in [0.717, 1.165) is 5.56 Å². The number of aromatic hydroxyl groups is 1. The largest absolute Gasteiger partial charge is 0.507 e. The molecule has 0 aliphatic rings. The van der Waals surface area contributed by atoms with Crippen LogP contribution >= 0.6 is 11.6 Å². The Kier molecular flexibility index (Phi) is 6.03. The van der Waals surface area contributed by atoms with Gasteiger partial charge in [-0.1, -0.05) is 11.6 Å². The summed E-state index contributed by atoms with van der Waals surface area (Å²) in [6.07, 6.45) is 1.33. The van der Waals surface area contributed by atoms with Crippen LogP contribution in [0.1, 0.15) is 11.1 Å². The first-order valence-electron chi connectivity index (χ1n) is 7.07. The maximum absolute atomic E-state index is 11.7. The van der Waals surface area contributed by atoms with Crippen LogP contribution in [0, 0.1) is 6.92 Å². The van der Waals surface area contributed by atoms with Crippen LogP contribution in [0.15, 0.2) is 41.5 Å². The van der Waals surface area contributed by atoms with Crippen LogP contribution in [-0.4, -0.2) is 30.9 Å². The number of amides is 1. The van der Waals surface area contributed by atoms with Gasteiger partial charge in [-0.05, 0) is 42.8 Å². The highest BCUT2D eigenvalue weighted by atomic mass is 35.5. The lowest BCUT2D eigenvalue weighted by Gasteiger charge is -2.06. The van der Waals surface area contributed by atoms with Gasteiger partial charge in [0.2, 0.25) is 0 Å². The van der Waals surface area contributed by atoms with E-state index in [1.54, 1.807) is 30.3 Å². The SMILES string of the molecule is COc1ccc(C=NNC(=O)COc2ccc(Cl)c(C)c2)c(O)c1. The van der Waals surface area contributed by atoms with E-state index in [1.807, 2.05) is 6.92 Å². The summed E-state index contributed by atoms with van der Waals surface area (Å²) in [6.45, 7) is 1.66. The van der Waals surface area contributed by atoms with E-state index < -0.39 is 5.91 Å². The highest BCUT2D eigenvalue weighted by Crippen LogP contribution is 2.22. The third-order valence-electron chi connectivity index (χ3n) is 3.13. The fraction of sp³-hybridized carbons (Fsp3) is 0.176. The van der Waals surface area contributed by atoms with Gasteiger partial charge < -0.3 is 14.6 Å². The third-order valence-corrected chi connectivity index (χ3v) is 3.55. The number of benzene rings is 2. The van der Waals surface area contributed by atoms with Crippen molar-refractivity contribution in [3.05, 3.63) is 52.5 Å². The first-order chi connectivity index (χ1) is 11.5. The number of phenolic OH excluding ortho intramolecular Hbond substituents is 1. The molecule has 2 aromatic carbocycles. The van der Waals surface area contributed by atoms with Crippen molar-refractivity contribution in [2.45, 2.75) is 6.92 Å². The Morgan fingerprint density at radius 3 is 2.71 bits per heavy atom. The zero-order chi connectivity index (χ0) is 17.5. The van der Waals surface area contributed by atoms with Crippen molar-refractivity contribution in [3.63, 3.8) is 0 Å². The molecule has 0 spiro atoms. The van der Waals surface area contributed by atoms with Gasteiger partial charge in [0, 0.05) is 16.7 Å². The van der Waals surface area contributed by atoms with Crippen molar-refractivity contribution in [1.82, 2.24) is 5.43 Å². The maximum Gasteiger partial charge on any atom is 0.277 e. The molecule has 0 radical (unpaired) electrons. The van der Waals surface area contributed by atoms with Crippen molar-refractivity contribution in [1.29, 1.82) is 0 Å². The van der Waals surface area contributed by atoms with E-state index >= 15 is 0 Å². The molecule has 1 amide bonds. The van der Waals surface area contributed by atoms with Gasteiger partial charge >= 0.3 is 0 Å². The second-order valence-electron chi connectivity index (χ2n) is 4.92. The molecule has 0 atom stereocenters. The van der Waals surface area contributed by atoms with Crippen LogP contribution in [0.5, 0.6) is 17.2 Å². The van der Waals surface area contributed by atoms with E-state index in [-0.39, 0.29) is 12.4 Å². The first-order valence-corrected chi connectivity index (χ1v) is 7.45. The molecular weight excluding hydrogens is 332 g/mol. The van der Waals surface area contributed by atoms with Crippen LogP contribution in [-0.2, 0) is 4.79 Å². The Morgan fingerprint density at radius 1 is 1.29 bits per heavy atom. The molecule has 126 valence electrons. The van der Waals surface area contributed by atoms with E-state index in [1.165, 1.54) is 19.4 Å². The predicted octanol–water partition coefficient (Wildman–Crippen LogP) is 2.89. The number of methoxy groups -OCH3 is 1. The van der Waals surface area contributed by atoms with Crippen LogP contribution < -0.4 is 14.9 Å². The summed E-state index contributed by atoms with van der Waals surface area (Å²) >= 11 is 5.92. The number of carbonyl (C=O) groups excluding carboxylic acids is 1. The Morgan fingerprint density at radius 2 is 2.04 bits per heavy atom. The van der Waals surface area contributed by atoms with Crippen molar-refractivity contribution < 1.29 is 19.4 Å². The fourth-order valence-electron chi connectivity index (χ4n) is 1.82. The van der Waals surface area contributed by atoms with Gasteiger partial charge in [0.25, 0.3) is 5.91 Å². The van der Waals surface area contributed by atoms with Crippen molar-refractivity contribution in [2.24, 2.45) is 5.10 Å². The smallest absolute Gasteiger partial charge is 0.277 e. The van der Waals surface area contributed by atoms with Gasteiger partial charge in [-0.15, -0.1) is 0 Å². The first kappa shape index (κ1) is 17.6. The van der Waals surface area contributed by atoms with Gasteiger partial charge in [0.15, 0.2) is 6.61 Å². The number of nitrogens with one attached hydrogen (secondary N) is 1. The number of carbonyl (C=O) groups is 1. The normalized spacial score (nSPS) is 10.6. The molecule has 0 saturated heterocycles. The van der Waals surface area contributed by atoms with Gasteiger partial charge in [0.05, 0.1) is 13.3 Å². The minimum atomic E-state index is -0.424. The molecular formula is C17H17ClN2O4. The van der Waals surface area contributed by atoms with E-state index in [9.17, 15) is 9.90 Å². The van der Waals surface area contributed by atoms with Gasteiger partial charge in [-0.25, -0.2) is 5.43 Å². The minimum Gasteiger partial charge on any atom is -0.507 e. The van der Waals surface area contributed by atoms with E-state index in [0.29, 0.717) is 22.1 Å². The minimum absolute atomic E-state index is 0.000221. The highest BCUT2D eigenvalue weighted by molar-refractivity contribution is 6.31. The number of halogens is 1. The summed E-state index contributed by atoms with van der Waals surface area (Å²) < 4.78 is 10.3. The summed E-state index contributed by atoms with van der Waals surface area (Å²) in [5.41, 5.74) is 3.63. The molecule has 0 saturated carbocycles. The quantitative estimate of drug-likeness (QED) is 0.621. The fourth-order valence-corrected chi connectivity index (χ4v) is 1.94. The van der Waals surface area contributed by atoms with Gasteiger partial charge in [-0.3, -0.25) is 4.79 Å². The monoisotopic (exact) mass is 348 g/mol. The second-order valence-corrected chi connectivity index (χ2v) is 5.32. The summed E-state index contributed by atoms with van der Waals surface area (Å²) in [6, 6.07) is 9.88. The average Bonchev–Trinajstić information content (AvgIpc) is 2.57. The summed E-state index contributed by atoms with van der Waals surface area (Å²) in [4.78, 5) is 11.7. The Bertz CT molecular complexity index is 762. The summed E-state index contributed by atoms with van der Waals surface area (Å²) in [5.74, 6) is 0.649. The zero-order valence-corrected chi connectivity index (χ0v) is 14.0. The molecule has 24 heavy (non-hydrogen) atoms. The molecule has 2 N–H and O–H groups in total. The molecule has 0 aliphatic heterocycles. The molecule has 7 heteroatoms. The Labute approximate surface area is 144 Å². The molecule has 0 bridgehead atoms. The Hall–Kier alpha value is -2.73. The number of rotatable bonds is 6. The standard InChI is InChI=1S/C17H17ClN2O4/c1-11-7-14(5-6-15(11)18)24-10-17(22)20-19-9-12-3-4-13(23-2)8-16(12)21/h3-9,21H,10H2,1-2H3,(H,20,22). The zero-order valence-electron chi connectivity index (χ0n) is 13.2. The van der Waals surface area contributed by atoms with Gasteiger partial charge in [0.1, 0.15) is 17.2 Å². The van der Waals surface area contributed by atoms with Crippen molar-refractivity contribution in [2.75, 3.05) is 13.7 Å². The highest BCUT2D eigenvalue weighted by Gasteiger charge is 2.04. The molecule has 0 aliphatic carbocycles. The lowest BCUT2D eigenvalue weighted by atomic mass is 10.2. The summed E-state index contributed by atoms with van der Waals surface area (Å²) in [5, 5.41) is 14.2. The number of hydrogen-bond acceptors (Lipinski definition) is 5. The number of aryl methyl sites for hydroxylation is 1. The molecule has 2 aromatic rings. The van der Waals surface area contributed by atoms with Crippen molar-refractivity contribution >= 4 is 23.7 Å². The topological polar surface area (TPSA) is 80.2 Å². The van der Waals surface area contributed by atoms with Crippen LogP contribution in [0.3, 0.4) is 0 Å². The average molecular weight is 349 g/mol. The number of hydrogen-bond donors (Lipinski definition) is 2. The number of hydrazone groups is 1. The lowest BCUT2D eigenvalue weighted by Crippen LogP contribution is -2.24. The van der Waals surface area contributed by atoms with Crippen LogP contribution in [0.4, 0.5) is 0 Å². The maximum atomic E-state index is 11.7. The molecule has 6 nitrogen and oxygen atoms in total. The van der Waals surface area contributed by atoms with E-state index in [4.69, 9.17) is 21.1 Å². The molecule has 2 rings (SSSR count). The van der Waals surface area contributed by atoms with Gasteiger partial charge in [-0.2, -0.15) is 5.10 Å². The van der Waals surface area contributed by atoms with Crippen LogP contribution in [0.2, 0.25) is 5.02 Å².